The van der Waals surface area contributed by atoms with Gasteiger partial charge in [0.2, 0.25) is 0 Å². The zero-order valence-corrected chi connectivity index (χ0v) is 34.1. The van der Waals surface area contributed by atoms with Crippen LogP contribution in [0.5, 0.6) is 0 Å². The molecule has 2 rings (SSSR count). The van der Waals surface area contributed by atoms with Crippen LogP contribution in [-0.4, -0.2) is 149 Å². The Hall–Kier alpha value is -0.0669. The number of halogens is 4. The van der Waals surface area contributed by atoms with E-state index in [0.29, 0.717) is 17.1 Å². The summed E-state index contributed by atoms with van der Waals surface area (Å²) >= 11 is 1.89. The molecule has 0 atom stereocenters. The van der Waals surface area contributed by atoms with Gasteiger partial charge in [0.25, 0.3) is 0 Å². The van der Waals surface area contributed by atoms with Crippen molar-refractivity contribution in [1.29, 1.82) is 0 Å². The second-order valence-corrected chi connectivity index (χ2v) is 25.9. The Labute approximate surface area is 273 Å². The minimum atomic E-state index is -5.66. The van der Waals surface area contributed by atoms with Crippen molar-refractivity contribution < 1.29 is 23.8 Å². The quantitative estimate of drug-likeness (QED) is 0.196. The van der Waals surface area contributed by atoms with Crippen molar-refractivity contribution in [3.05, 3.63) is 59.1 Å². The maximum absolute atomic E-state index is 12.7. The predicted molar refractivity (Wildman–Crippen MR) is 180 cm³/mol. The summed E-state index contributed by atoms with van der Waals surface area (Å²) in [5, 5.41) is 0.404. The van der Waals surface area contributed by atoms with E-state index >= 15 is 0 Å². The summed E-state index contributed by atoms with van der Waals surface area (Å²) in [5.41, 5.74) is -4.76. The van der Waals surface area contributed by atoms with Gasteiger partial charge in [0.1, 0.15) is 16.7 Å². The molecule has 0 N–H and O–H groups in total. The molecule has 0 spiro atoms. The number of aryl methyl sites for hydroxylation is 1. The zero-order chi connectivity index (χ0) is 33.9. The van der Waals surface area contributed by atoms with Gasteiger partial charge in [0.15, 0.2) is 0 Å². The molecule has 0 aliphatic carbocycles. The fraction of sp³-hybridized carbons (Fsp3) is 0.538. The summed E-state index contributed by atoms with van der Waals surface area (Å²) < 4.78 is 80.1. The average molecular weight is 887 g/mol. The van der Waals surface area contributed by atoms with Crippen LogP contribution in [0, 0.1) is 6.92 Å². The Kier molecular flexibility index (Phi) is 19.5. The topological polar surface area (TPSA) is 62.8 Å². The van der Waals surface area contributed by atoms with E-state index in [1.165, 1.54) is 24.3 Å². The molecule has 17 heteroatoms. The summed E-state index contributed by atoms with van der Waals surface area (Å²) in [5.74, 6) is 0. The number of hydrogen-bond acceptors (Lipinski definition) is 9. The molecule has 248 valence electrons. The van der Waals surface area contributed by atoms with Gasteiger partial charge in [0, 0.05) is 0 Å². The summed E-state index contributed by atoms with van der Waals surface area (Å²) in [7, 11) is 19.1. The summed E-state index contributed by atoms with van der Waals surface area (Å²) in [6.07, 6.45) is 0. The average Bonchev–Trinajstić information content (AvgIpc) is 2.82. The van der Waals surface area contributed by atoms with Crippen LogP contribution in [0.1, 0.15) is 5.56 Å². The monoisotopic (exact) mass is 886 g/mol. The molecule has 0 heterocycles. The molecule has 2 aromatic carbocycles. The van der Waals surface area contributed by atoms with Gasteiger partial charge < -0.3 is 0 Å². The van der Waals surface area contributed by atoms with E-state index in [0.717, 1.165) is 0 Å². The maximum atomic E-state index is 12.7. The molecule has 0 amide bonds. The van der Waals surface area contributed by atoms with Crippen molar-refractivity contribution >= 4 is 67.2 Å². The van der Waals surface area contributed by atoms with Gasteiger partial charge in [-0.25, -0.2) is 0 Å². The van der Waals surface area contributed by atoms with Crippen LogP contribution in [0.3, 0.4) is 0 Å². The molecular formula is C26H47BiClF3N6O3P2S. The van der Waals surface area contributed by atoms with Gasteiger partial charge in [-0.2, -0.15) is 0 Å². The first-order chi connectivity index (χ1) is 19.5. The summed E-state index contributed by atoms with van der Waals surface area (Å²) in [4.78, 5) is 0. The van der Waals surface area contributed by atoms with Gasteiger partial charge in [-0.05, 0) is 84.6 Å². The molecule has 0 bridgehead atoms. The number of nitrogens with zero attached hydrogens (tertiary/aromatic N) is 6. The van der Waals surface area contributed by atoms with E-state index in [9.17, 15) is 21.6 Å². The van der Waals surface area contributed by atoms with E-state index in [4.69, 9.17) is 13.9 Å². The first-order valence-electron chi connectivity index (χ1n) is 12.8. The molecule has 0 saturated heterocycles. The van der Waals surface area contributed by atoms with Crippen molar-refractivity contribution in [2.75, 3.05) is 84.6 Å². The van der Waals surface area contributed by atoms with Crippen molar-refractivity contribution in [3.63, 3.8) is 0 Å². The molecule has 0 saturated carbocycles. The van der Waals surface area contributed by atoms with Crippen LogP contribution in [0.25, 0.3) is 0 Å². The van der Waals surface area contributed by atoms with Crippen LogP contribution in [0.4, 0.5) is 13.2 Å². The van der Waals surface area contributed by atoms with Crippen LogP contribution in [0.15, 0.2) is 48.5 Å². The van der Waals surface area contributed by atoms with Gasteiger partial charge in [-0.1, -0.05) is 0 Å². The molecule has 0 fully saturated rings. The van der Waals surface area contributed by atoms with E-state index in [2.05, 4.69) is 113 Å². The van der Waals surface area contributed by atoms with Gasteiger partial charge >= 0.3 is 146 Å². The summed E-state index contributed by atoms with van der Waals surface area (Å²) in [6, 6.07) is 12.7. The Morgan fingerprint density at radius 1 is 0.674 bits per heavy atom. The molecule has 0 unspecified atom stereocenters. The van der Waals surface area contributed by atoms with Crippen LogP contribution in [-0.2, 0) is 12.4 Å². The van der Waals surface area contributed by atoms with Crippen molar-refractivity contribution in [2.45, 2.75) is 12.4 Å². The van der Waals surface area contributed by atoms with E-state index in [1.807, 2.05) is 0 Å². The second kappa shape index (κ2) is 19.6. The third-order valence-electron chi connectivity index (χ3n) is 5.00. The molecule has 0 aliphatic rings. The molecule has 2 aromatic rings. The van der Waals surface area contributed by atoms with E-state index in [1.54, 1.807) is 31.2 Å². The van der Waals surface area contributed by atoms with Crippen LogP contribution in [0.2, 0.25) is 5.02 Å². The molecule has 0 aromatic heterocycles. The zero-order valence-electron chi connectivity index (χ0n) is 27.3. The van der Waals surface area contributed by atoms with E-state index in [-0.39, 0.29) is 16.7 Å². The minimum absolute atomic E-state index is 0.238. The van der Waals surface area contributed by atoms with Gasteiger partial charge in [0.05, 0.1) is 0 Å². The Bertz CT molecular complexity index is 1130. The van der Waals surface area contributed by atoms with Crippen LogP contribution < -0.4 is 6.54 Å². The Morgan fingerprint density at radius 3 is 1.30 bits per heavy atom. The van der Waals surface area contributed by atoms with Crippen molar-refractivity contribution in [2.24, 2.45) is 0 Å². The number of benzene rings is 2. The normalized spacial score (nSPS) is 12.6. The predicted octanol–water partition coefficient (Wildman–Crippen LogP) is 4.42. The van der Waals surface area contributed by atoms with Crippen molar-refractivity contribution in [3.8, 4) is 0 Å². The number of hydrogen-bond donors (Lipinski definition) is 0. The third kappa shape index (κ3) is 14.9. The van der Waals surface area contributed by atoms with Crippen molar-refractivity contribution in [1.82, 2.24) is 28.0 Å². The molecule has 0 aliphatic heterocycles. The molecule has 0 radical (unpaired) electrons. The Balaban J connectivity index is 0.000000733. The van der Waals surface area contributed by atoms with Crippen LogP contribution >= 0.6 is 28.3 Å². The number of rotatable bonds is 10. The first kappa shape index (κ1) is 42.9. The van der Waals surface area contributed by atoms with E-state index < -0.39 is 37.8 Å². The third-order valence-corrected chi connectivity index (χ3v) is 21.1. The standard InChI is InChI=1S/C7H7.C6H4Cl.2C6H18N3P.CHF3O3S.Bi/c1-7-5-3-2-4-6-7;7-6-4-2-1-3-5-6;2*1-7(2)10(8(3)4)9(5)6;2-1(3,4)8(5,6)7;/h2-5H,1H3;2-5H;2*1-6H3;(H,5,6,7);/q;;;;;+1/p-1. The van der Waals surface area contributed by atoms with Gasteiger partial charge in [-0.3, -0.25) is 28.0 Å². The first-order valence-corrected chi connectivity index (χ1v) is 21.9. The van der Waals surface area contributed by atoms with Gasteiger partial charge in [-0.15, -0.1) is 0 Å². The Morgan fingerprint density at radius 2 is 1.02 bits per heavy atom. The SMILES string of the molecule is CN(C)P(N(C)C)N(C)C.CN(C)P(N(C)C)N(C)C.Cc1cccc[c]1[Bi]([O]S(=O)(=O)C(F)(F)F)[c]1ccc(Cl)cc1. The molecule has 43 heavy (non-hydrogen) atoms. The molecular weight excluding hydrogens is 840 g/mol. The second-order valence-electron chi connectivity index (χ2n) is 10.2. The number of alkyl halides is 3. The summed E-state index contributed by atoms with van der Waals surface area (Å²) in [6.45, 7) is 1.71. The fourth-order valence-electron chi connectivity index (χ4n) is 3.88. The molecule has 9 nitrogen and oxygen atoms in total. The fourth-order valence-corrected chi connectivity index (χ4v) is 19.1.